The van der Waals surface area contributed by atoms with Crippen molar-refractivity contribution in [2.75, 3.05) is 0 Å². The monoisotopic (exact) mass is 474 g/mol. The number of carbonyl (C=O) groups is 1. The lowest BCUT2D eigenvalue weighted by atomic mass is 9.97. The van der Waals surface area contributed by atoms with E-state index >= 15 is 0 Å². The van der Waals surface area contributed by atoms with Gasteiger partial charge in [-0.2, -0.15) is 0 Å². The lowest BCUT2D eigenvalue weighted by molar-refractivity contribution is 0.0734. The molecule has 0 heterocycles. The van der Waals surface area contributed by atoms with Gasteiger partial charge in [0.25, 0.3) is 0 Å². The summed E-state index contributed by atoms with van der Waals surface area (Å²) in [7, 11) is 0. The van der Waals surface area contributed by atoms with Gasteiger partial charge in [0.1, 0.15) is 11.6 Å². The second kappa shape index (κ2) is 10.6. The summed E-state index contributed by atoms with van der Waals surface area (Å²) in [6, 6.07) is 20.7. The molecule has 0 aliphatic carbocycles. The fourth-order valence-electron chi connectivity index (χ4n) is 3.93. The van der Waals surface area contributed by atoms with Crippen LogP contribution >= 0.6 is 0 Å². The molecule has 0 spiro atoms. The average Bonchev–Trinajstić information content (AvgIpc) is 2.87. The topological polar surface area (TPSA) is 26.3 Å². The van der Waals surface area contributed by atoms with Gasteiger partial charge in [-0.05, 0) is 53.3 Å². The molecule has 0 aromatic heterocycles. The summed E-state index contributed by atoms with van der Waals surface area (Å²) in [5.41, 5.74) is 3.18. The Labute approximate surface area is 203 Å². The Morgan fingerprint density at radius 1 is 0.743 bits per heavy atom. The summed E-state index contributed by atoms with van der Waals surface area (Å²) < 4.78 is 49.2. The third kappa shape index (κ3) is 5.29. The van der Waals surface area contributed by atoms with E-state index in [0.717, 1.165) is 18.4 Å². The van der Waals surface area contributed by atoms with Gasteiger partial charge in [0, 0.05) is 17.2 Å². The van der Waals surface area contributed by atoms with Gasteiger partial charge < -0.3 is 4.74 Å². The van der Waals surface area contributed by atoms with Gasteiger partial charge in [-0.3, -0.25) is 0 Å². The summed E-state index contributed by atoms with van der Waals surface area (Å²) in [4.78, 5) is 12.5. The molecule has 4 aromatic carbocycles. The highest BCUT2D eigenvalue weighted by molar-refractivity contribution is 5.91. The van der Waals surface area contributed by atoms with E-state index in [1.807, 2.05) is 26.0 Å². The number of halogens is 3. The van der Waals surface area contributed by atoms with Gasteiger partial charge in [0.05, 0.1) is 5.56 Å². The second-order valence-electron chi connectivity index (χ2n) is 8.31. The fraction of sp³-hybridized carbons (Fsp3) is 0.167. The molecule has 0 aliphatic heterocycles. The molecule has 2 nitrogen and oxygen atoms in total. The first kappa shape index (κ1) is 24.3. The number of rotatable bonds is 7. The van der Waals surface area contributed by atoms with Crippen LogP contribution in [0.2, 0.25) is 0 Å². The Morgan fingerprint density at radius 3 is 1.83 bits per heavy atom. The number of benzene rings is 4. The van der Waals surface area contributed by atoms with Crippen molar-refractivity contribution in [1.29, 1.82) is 0 Å². The predicted octanol–water partition coefficient (Wildman–Crippen LogP) is 8.17. The van der Waals surface area contributed by atoms with Gasteiger partial charge in [-0.15, -0.1) is 0 Å². The zero-order valence-electron chi connectivity index (χ0n) is 19.6. The van der Waals surface area contributed by atoms with Gasteiger partial charge in [-0.1, -0.05) is 74.9 Å². The minimum absolute atomic E-state index is 0.0879. The van der Waals surface area contributed by atoms with Crippen LogP contribution in [-0.4, -0.2) is 5.97 Å². The fourth-order valence-corrected chi connectivity index (χ4v) is 3.93. The van der Waals surface area contributed by atoms with Crippen LogP contribution in [0.3, 0.4) is 0 Å². The third-order valence-electron chi connectivity index (χ3n) is 5.94. The van der Waals surface area contributed by atoms with Crippen molar-refractivity contribution in [3.05, 3.63) is 113 Å². The maximum atomic E-state index is 14.9. The SMILES string of the molecule is CCCc1ccc(OC(=O)c2ccc(-c3ccc(-c4ccc(CC)cc4)c(F)c3F)cc2)cc1F. The molecule has 0 atom stereocenters. The molecule has 0 amide bonds. The lowest BCUT2D eigenvalue weighted by Crippen LogP contribution is -2.08. The van der Waals surface area contributed by atoms with E-state index in [1.165, 1.54) is 36.4 Å². The van der Waals surface area contributed by atoms with E-state index in [0.29, 0.717) is 23.1 Å². The number of aryl methyl sites for hydroxylation is 2. The highest BCUT2D eigenvalue weighted by Crippen LogP contribution is 2.32. The molecular weight excluding hydrogens is 449 g/mol. The molecule has 178 valence electrons. The quantitative estimate of drug-likeness (QED) is 0.199. The van der Waals surface area contributed by atoms with E-state index < -0.39 is 23.4 Å². The van der Waals surface area contributed by atoms with E-state index in [1.54, 1.807) is 30.3 Å². The molecular formula is C30H25F3O2. The third-order valence-corrected chi connectivity index (χ3v) is 5.94. The molecule has 0 N–H and O–H groups in total. The minimum atomic E-state index is -0.958. The van der Waals surface area contributed by atoms with Crippen LogP contribution in [-0.2, 0) is 12.8 Å². The van der Waals surface area contributed by atoms with Crippen LogP contribution in [0.1, 0.15) is 41.8 Å². The summed E-state index contributed by atoms with van der Waals surface area (Å²) in [5.74, 6) is -2.87. The zero-order valence-corrected chi connectivity index (χ0v) is 19.6. The number of hydrogen-bond acceptors (Lipinski definition) is 2. The molecule has 0 aliphatic rings. The standard InChI is InChI=1S/C30H25F3O2/c1-3-5-22-14-15-24(18-27(22)31)35-30(34)23-12-10-21(11-13-23)26-17-16-25(28(32)29(26)33)20-8-6-19(4-2)7-9-20/h6-18H,3-5H2,1-2H3. The molecule has 35 heavy (non-hydrogen) atoms. The molecule has 0 fully saturated rings. The van der Waals surface area contributed by atoms with Gasteiger partial charge >= 0.3 is 5.97 Å². The predicted molar refractivity (Wildman–Crippen MR) is 132 cm³/mol. The number of ether oxygens (including phenoxy) is 1. The lowest BCUT2D eigenvalue weighted by Gasteiger charge is -2.11. The van der Waals surface area contributed by atoms with Crippen molar-refractivity contribution in [3.8, 4) is 28.0 Å². The van der Waals surface area contributed by atoms with Crippen LogP contribution in [0.25, 0.3) is 22.3 Å². The molecule has 4 aromatic rings. The normalized spacial score (nSPS) is 10.9. The van der Waals surface area contributed by atoms with E-state index in [-0.39, 0.29) is 22.4 Å². The summed E-state index contributed by atoms with van der Waals surface area (Å²) >= 11 is 0. The Kier molecular flexibility index (Phi) is 7.35. The van der Waals surface area contributed by atoms with Gasteiger partial charge in [0.15, 0.2) is 11.6 Å². The smallest absolute Gasteiger partial charge is 0.343 e. The average molecular weight is 475 g/mol. The molecule has 0 bridgehead atoms. The zero-order chi connectivity index (χ0) is 24.9. The maximum Gasteiger partial charge on any atom is 0.343 e. The minimum Gasteiger partial charge on any atom is -0.423 e. The Hall–Kier alpha value is -3.86. The van der Waals surface area contributed by atoms with Crippen LogP contribution in [0, 0.1) is 17.5 Å². The molecule has 0 unspecified atom stereocenters. The van der Waals surface area contributed by atoms with Crippen LogP contribution in [0.4, 0.5) is 13.2 Å². The first-order chi connectivity index (χ1) is 16.9. The summed E-state index contributed by atoms with van der Waals surface area (Å²) in [6.45, 7) is 3.98. The number of hydrogen-bond donors (Lipinski definition) is 0. The highest BCUT2D eigenvalue weighted by Gasteiger charge is 2.17. The molecule has 4 rings (SSSR count). The Morgan fingerprint density at radius 2 is 1.31 bits per heavy atom. The first-order valence-corrected chi connectivity index (χ1v) is 11.6. The highest BCUT2D eigenvalue weighted by atomic mass is 19.2. The second-order valence-corrected chi connectivity index (χ2v) is 8.31. The Balaban J connectivity index is 1.52. The van der Waals surface area contributed by atoms with Crippen LogP contribution < -0.4 is 4.74 Å². The molecule has 0 saturated carbocycles. The van der Waals surface area contributed by atoms with E-state index in [2.05, 4.69) is 0 Å². The summed E-state index contributed by atoms with van der Waals surface area (Å²) in [5, 5.41) is 0. The first-order valence-electron chi connectivity index (χ1n) is 11.6. The van der Waals surface area contributed by atoms with Gasteiger partial charge in [0.2, 0.25) is 0 Å². The molecule has 0 saturated heterocycles. The summed E-state index contributed by atoms with van der Waals surface area (Å²) in [6.07, 6.45) is 2.27. The van der Waals surface area contributed by atoms with Crippen molar-refractivity contribution in [1.82, 2.24) is 0 Å². The number of esters is 1. The van der Waals surface area contributed by atoms with Crippen molar-refractivity contribution in [2.24, 2.45) is 0 Å². The van der Waals surface area contributed by atoms with Crippen molar-refractivity contribution in [3.63, 3.8) is 0 Å². The van der Waals surface area contributed by atoms with Crippen molar-refractivity contribution in [2.45, 2.75) is 33.1 Å². The Bertz CT molecular complexity index is 1340. The van der Waals surface area contributed by atoms with Crippen molar-refractivity contribution < 1.29 is 22.7 Å². The van der Waals surface area contributed by atoms with E-state index in [9.17, 15) is 18.0 Å². The van der Waals surface area contributed by atoms with Crippen LogP contribution in [0.15, 0.2) is 78.9 Å². The molecule has 5 heteroatoms. The van der Waals surface area contributed by atoms with Crippen LogP contribution in [0.5, 0.6) is 5.75 Å². The maximum absolute atomic E-state index is 14.9. The van der Waals surface area contributed by atoms with Crippen molar-refractivity contribution >= 4 is 5.97 Å². The van der Waals surface area contributed by atoms with E-state index in [4.69, 9.17) is 4.74 Å². The largest absolute Gasteiger partial charge is 0.423 e. The van der Waals surface area contributed by atoms with Gasteiger partial charge in [-0.25, -0.2) is 18.0 Å². The molecule has 0 radical (unpaired) electrons. The number of carbonyl (C=O) groups excluding carboxylic acids is 1.